The number of hydrogen-bond donors (Lipinski definition) is 1. The lowest BCUT2D eigenvalue weighted by Gasteiger charge is -2.12. The largest absolute Gasteiger partial charge is 0.482 e. The van der Waals surface area contributed by atoms with Crippen LogP contribution in [0.5, 0.6) is 5.75 Å². The van der Waals surface area contributed by atoms with E-state index in [1.807, 2.05) is 0 Å². The molecule has 0 saturated carbocycles. The quantitative estimate of drug-likeness (QED) is 0.925. The first-order valence-corrected chi connectivity index (χ1v) is 6.35. The van der Waals surface area contributed by atoms with Crippen LogP contribution in [0.3, 0.4) is 0 Å². The number of nitrogens with one attached hydrogen (secondary N) is 1. The van der Waals surface area contributed by atoms with Crippen molar-refractivity contribution in [2.24, 2.45) is 0 Å². The van der Waals surface area contributed by atoms with Crippen LogP contribution in [-0.2, 0) is 9.53 Å². The minimum absolute atomic E-state index is 0.0716. The first-order chi connectivity index (χ1) is 8.65. The minimum Gasteiger partial charge on any atom is -0.482 e. The zero-order valence-corrected chi connectivity index (χ0v) is 11.1. The highest BCUT2D eigenvalue weighted by atomic mass is 35.5. The lowest BCUT2D eigenvalue weighted by molar-refractivity contribution is -0.123. The van der Waals surface area contributed by atoms with Crippen LogP contribution in [0.25, 0.3) is 0 Å². The molecule has 1 aromatic rings. The van der Waals surface area contributed by atoms with E-state index >= 15 is 0 Å². The van der Waals surface area contributed by atoms with Gasteiger partial charge in [-0.1, -0.05) is 23.2 Å². The third kappa shape index (κ3) is 3.77. The second kappa shape index (κ2) is 6.27. The average Bonchev–Trinajstić information content (AvgIpc) is 2.80. The predicted molar refractivity (Wildman–Crippen MR) is 69.3 cm³/mol. The number of amides is 1. The van der Waals surface area contributed by atoms with E-state index in [4.69, 9.17) is 32.7 Å². The second-order valence-electron chi connectivity index (χ2n) is 3.99. The summed E-state index contributed by atoms with van der Waals surface area (Å²) in [6, 6.07) is 4.95. The molecule has 1 N–H and O–H groups in total. The molecule has 4 nitrogen and oxygen atoms in total. The summed E-state index contributed by atoms with van der Waals surface area (Å²) in [5.74, 6) is 0.260. The Labute approximate surface area is 115 Å². The van der Waals surface area contributed by atoms with Gasteiger partial charge < -0.3 is 14.8 Å². The fourth-order valence-electron chi connectivity index (χ4n) is 1.65. The van der Waals surface area contributed by atoms with Gasteiger partial charge in [0.2, 0.25) is 0 Å². The van der Waals surface area contributed by atoms with E-state index < -0.39 is 0 Å². The molecule has 98 valence electrons. The monoisotopic (exact) mass is 289 g/mol. The van der Waals surface area contributed by atoms with Gasteiger partial charge in [-0.05, 0) is 24.6 Å². The summed E-state index contributed by atoms with van der Waals surface area (Å²) >= 11 is 11.7. The van der Waals surface area contributed by atoms with Crippen molar-refractivity contribution in [3.05, 3.63) is 28.2 Å². The number of rotatable bonds is 4. The molecule has 0 spiro atoms. The lowest BCUT2D eigenvalue weighted by atomic mass is 10.2. The van der Waals surface area contributed by atoms with E-state index in [0.717, 1.165) is 6.42 Å². The summed E-state index contributed by atoms with van der Waals surface area (Å²) < 4.78 is 10.5. The maximum atomic E-state index is 11.6. The van der Waals surface area contributed by atoms with Gasteiger partial charge in [0.05, 0.1) is 17.7 Å². The molecule has 0 bridgehead atoms. The molecular formula is C12H13Cl2NO3. The number of carbonyl (C=O) groups is 1. The summed E-state index contributed by atoms with van der Waals surface area (Å²) in [7, 11) is 0. The summed E-state index contributed by atoms with van der Waals surface area (Å²) in [5.41, 5.74) is 0. The molecule has 0 aromatic heterocycles. The average molecular weight is 290 g/mol. The molecule has 1 aromatic carbocycles. The topological polar surface area (TPSA) is 47.6 Å². The van der Waals surface area contributed by atoms with Crippen LogP contribution < -0.4 is 10.1 Å². The first kappa shape index (κ1) is 13.5. The molecule has 6 heteroatoms. The van der Waals surface area contributed by atoms with E-state index in [-0.39, 0.29) is 18.6 Å². The molecule has 1 aliphatic heterocycles. The van der Waals surface area contributed by atoms with Gasteiger partial charge in [-0.25, -0.2) is 0 Å². The van der Waals surface area contributed by atoms with Crippen molar-refractivity contribution >= 4 is 29.1 Å². The maximum absolute atomic E-state index is 11.6. The van der Waals surface area contributed by atoms with Gasteiger partial charge in [-0.15, -0.1) is 0 Å². The Morgan fingerprint density at radius 1 is 1.50 bits per heavy atom. The number of carbonyl (C=O) groups excluding carboxylic acids is 1. The van der Waals surface area contributed by atoms with Gasteiger partial charge in [0.1, 0.15) is 5.75 Å². The van der Waals surface area contributed by atoms with Crippen molar-refractivity contribution in [1.82, 2.24) is 5.32 Å². The zero-order chi connectivity index (χ0) is 13.0. The molecule has 1 amide bonds. The molecule has 2 rings (SSSR count). The van der Waals surface area contributed by atoms with E-state index in [1.54, 1.807) is 18.2 Å². The van der Waals surface area contributed by atoms with Crippen LogP contribution >= 0.6 is 23.2 Å². The van der Waals surface area contributed by atoms with Gasteiger partial charge in [-0.3, -0.25) is 4.79 Å². The Hall–Kier alpha value is -0.970. The van der Waals surface area contributed by atoms with Crippen LogP contribution in [0, 0.1) is 0 Å². The molecule has 18 heavy (non-hydrogen) atoms. The van der Waals surface area contributed by atoms with Crippen LogP contribution in [0.2, 0.25) is 10.0 Å². The number of halogens is 2. The smallest absolute Gasteiger partial charge is 0.258 e. The van der Waals surface area contributed by atoms with E-state index in [2.05, 4.69) is 5.32 Å². The Kier molecular flexibility index (Phi) is 4.69. The zero-order valence-electron chi connectivity index (χ0n) is 9.62. The first-order valence-electron chi connectivity index (χ1n) is 5.60. The summed E-state index contributed by atoms with van der Waals surface area (Å²) in [6.45, 7) is 1.18. The Balaban J connectivity index is 1.81. The second-order valence-corrected chi connectivity index (χ2v) is 4.84. The van der Waals surface area contributed by atoms with Gasteiger partial charge in [0, 0.05) is 11.6 Å². The molecule has 1 fully saturated rings. The molecule has 1 atom stereocenters. The van der Waals surface area contributed by atoms with Gasteiger partial charge in [-0.2, -0.15) is 0 Å². The van der Waals surface area contributed by atoms with Gasteiger partial charge in [0.25, 0.3) is 5.91 Å². The Morgan fingerprint density at radius 3 is 3.00 bits per heavy atom. The molecule has 1 saturated heterocycles. The van der Waals surface area contributed by atoms with Crippen LogP contribution in [0.1, 0.15) is 6.42 Å². The number of benzene rings is 1. The third-order valence-electron chi connectivity index (χ3n) is 2.55. The predicted octanol–water partition coefficient (Wildman–Crippen LogP) is 2.28. The molecule has 1 aliphatic rings. The Bertz CT molecular complexity index is 433. The van der Waals surface area contributed by atoms with Crippen molar-refractivity contribution in [3.8, 4) is 5.75 Å². The van der Waals surface area contributed by atoms with Crippen molar-refractivity contribution in [1.29, 1.82) is 0 Å². The third-order valence-corrected chi connectivity index (χ3v) is 3.08. The van der Waals surface area contributed by atoms with E-state index in [0.29, 0.717) is 29.0 Å². The molecular weight excluding hydrogens is 277 g/mol. The van der Waals surface area contributed by atoms with Crippen molar-refractivity contribution in [2.45, 2.75) is 12.5 Å². The number of hydrogen-bond acceptors (Lipinski definition) is 3. The summed E-state index contributed by atoms with van der Waals surface area (Å²) in [5, 5.41) is 3.74. The highest BCUT2D eigenvalue weighted by Gasteiger charge is 2.18. The van der Waals surface area contributed by atoms with Crippen molar-refractivity contribution in [3.63, 3.8) is 0 Å². The normalized spacial score (nSPS) is 18.7. The fourth-order valence-corrected chi connectivity index (χ4v) is 2.12. The van der Waals surface area contributed by atoms with E-state index in [9.17, 15) is 4.79 Å². The van der Waals surface area contributed by atoms with E-state index in [1.165, 1.54) is 0 Å². The SMILES string of the molecule is O=C(COc1ccc(Cl)cc1Cl)NC1CCOC1. The molecule has 1 heterocycles. The fraction of sp³-hybridized carbons (Fsp3) is 0.417. The molecule has 1 unspecified atom stereocenters. The summed E-state index contributed by atoms with van der Waals surface area (Å²) in [4.78, 5) is 11.6. The van der Waals surface area contributed by atoms with Crippen molar-refractivity contribution in [2.75, 3.05) is 19.8 Å². The van der Waals surface area contributed by atoms with Crippen LogP contribution in [0.4, 0.5) is 0 Å². The van der Waals surface area contributed by atoms with Gasteiger partial charge >= 0.3 is 0 Å². The van der Waals surface area contributed by atoms with Crippen LogP contribution in [0.15, 0.2) is 18.2 Å². The van der Waals surface area contributed by atoms with Gasteiger partial charge in [0.15, 0.2) is 6.61 Å². The molecule has 0 aliphatic carbocycles. The highest BCUT2D eigenvalue weighted by Crippen LogP contribution is 2.27. The highest BCUT2D eigenvalue weighted by molar-refractivity contribution is 6.35. The summed E-state index contributed by atoms with van der Waals surface area (Å²) in [6.07, 6.45) is 0.841. The molecule has 0 radical (unpaired) electrons. The maximum Gasteiger partial charge on any atom is 0.258 e. The minimum atomic E-state index is -0.184. The Morgan fingerprint density at radius 2 is 2.33 bits per heavy atom. The standard InChI is InChI=1S/C12H13Cl2NO3/c13-8-1-2-11(10(14)5-8)18-7-12(16)15-9-3-4-17-6-9/h1-2,5,9H,3-4,6-7H2,(H,15,16). The number of ether oxygens (including phenoxy) is 2. The van der Waals surface area contributed by atoms with Crippen molar-refractivity contribution < 1.29 is 14.3 Å². The lowest BCUT2D eigenvalue weighted by Crippen LogP contribution is -2.38. The van der Waals surface area contributed by atoms with Crippen LogP contribution in [-0.4, -0.2) is 31.8 Å².